The highest BCUT2D eigenvalue weighted by Gasteiger charge is 2.36. The molecule has 3 aromatic carbocycles. The van der Waals surface area contributed by atoms with Crippen LogP contribution in [0, 0.1) is 5.82 Å². The Morgan fingerprint density at radius 3 is 2.38 bits per heavy atom. The van der Waals surface area contributed by atoms with Crippen molar-refractivity contribution in [2.45, 2.75) is 31.7 Å². The summed E-state index contributed by atoms with van der Waals surface area (Å²) in [6.07, 6.45) is -0.327. The van der Waals surface area contributed by atoms with E-state index in [1.165, 1.54) is 18.2 Å². The van der Waals surface area contributed by atoms with E-state index in [0.717, 1.165) is 11.6 Å². The summed E-state index contributed by atoms with van der Waals surface area (Å²) in [5, 5.41) is 0. The number of para-hydroxylation sites is 2. The number of fused-ring (bicyclic) bond motifs is 1. The van der Waals surface area contributed by atoms with Crippen molar-refractivity contribution < 1.29 is 23.5 Å². The van der Waals surface area contributed by atoms with Gasteiger partial charge in [0, 0.05) is 11.1 Å². The number of imidazole rings is 1. The van der Waals surface area contributed by atoms with Gasteiger partial charge in [-0.3, -0.25) is 9.59 Å². The van der Waals surface area contributed by atoms with Gasteiger partial charge in [-0.2, -0.15) is 0 Å². The topological polar surface area (TPSA) is 81.3 Å². The van der Waals surface area contributed by atoms with Crippen LogP contribution in [0.4, 0.5) is 4.39 Å². The molecule has 0 saturated carbocycles. The molecule has 2 atom stereocenters. The number of aromatic amines is 1. The van der Waals surface area contributed by atoms with Gasteiger partial charge >= 0.3 is 0 Å². The van der Waals surface area contributed by atoms with Crippen molar-refractivity contribution in [1.82, 2.24) is 9.97 Å². The van der Waals surface area contributed by atoms with Gasteiger partial charge in [-0.15, -0.1) is 0 Å². The number of nitrogens with zero attached hydrogens (tertiary/aromatic N) is 1. The number of ketones is 2. The summed E-state index contributed by atoms with van der Waals surface area (Å²) in [5.74, 6) is -3.28. The number of ether oxygens (including phenoxy) is 2. The quantitative estimate of drug-likeness (QED) is 0.310. The Bertz CT molecular complexity index is 1360. The number of benzene rings is 3. The maximum Gasteiger partial charge on any atom is 0.181 e. The second kappa shape index (κ2) is 8.59. The molecule has 2 unspecified atom stereocenters. The van der Waals surface area contributed by atoms with Crippen LogP contribution in [-0.2, 0) is 9.47 Å². The lowest BCUT2D eigenvalue weighted by molar-refractivity contribution is -0.139. The smallest absolute Gasteiger partial charge is 0.181 e. The molecular weight excluding hydrogens is 435 g/mol. The van der Waals surface area contributed by atoms with Gasteiger partial charge in [-0.25, -0.2) is 9.37 Å². The second-order valence-corrected chi connectivity index (χ2v) is 8.75. The highest BCUT2D eigenvalue weighted by Crippen LogP contribution is 2.34. The zero-order chi connectivity index (χ0) is 23.9. The minimum atomic E-state index is -1.26. The first kappa shape index (κ1) is 22.1. The van der Waals surface area contributed by atoms with Gasteiger partial charge in [0.15, 0.2) is 17.4 Å². The molecule has 7 heteroatoms. The molecule has 1 aromatic heterocycles. The van der Waals surface area contributed by atoms with Crippen LogP contribution in [0.25, 0.3) is 11.0 Å². The molecule has 0 spiro atoms. The van der Waals surface area contributed by atoms with E-state index in [4.69, 9.17) is 9.47 Å². The fourth-order valence-corrected chi connectivity index (χ4v) is 4.20. The predicted octanol–water partition coefficient (Wildman–Crippen LogP) is 5.38. The third-order valence-electron chi connectivity index (χ3n) is 5.87. The summed E-state index contributed by atoms with van der Waals surface area (Å²) in [5.41, 5.74) is 2.55. The SMILES string of the molecule is CC1(C)OCC(c2cccc(C(=O)C(C(=O)c3cccc(F)c3)c3nc4ccccc4[nH]3)c2)O1. The lowest BCUT2D eigenvalue weighted by Crippen LogP contribution is -2.24. The number of H-pyrrole nitrogens is 1. The van der Waals surface area contributed by atoms with Crippen LogP contribution in [-0.4, -0.2) is 33.9 Å². The molecule has 34 heavy (non-hydrogen) atoms. The first-order valence-electron chi connectivity index (χ1n) is 11.0. The summed E-state index contributed by atoms with van der Waals surface area (Å²) in [4.78, 5) is 34.9. The average Bonchev–Trinajstić information content (AvgIpc) is 3.41. The molecule has 0 bridgehead atoms. The van der Waals surface area contributed by atoms with Crippen LogP contribution in [0.2, 0.25) is 0 Å². The second-order valence-electron chi connectivity index (χ2n) is 8.75. The zero-order valence-corrected chi connectivity index (χ0v) is 18.7. The fourth-order valence-electron chi connectivity index (χ4n) is 4.20. The van der Waals surface area contributed by atoms with E-state index in [2.05, 4.69) is 9.97 Å². The van der Waals surface area contributed by atoms with Crippen molar-refractivity contribution in [2.24, 2.45) is 0 Å². The molecule has 172 valence electrons. The normalized spacial score (nSPS) is 18.1. The third-order valence-corrected chi connectivity index (χ3v) is 5.87. The Morgan fingerprint density at radius 1 is 1.00 bits per heavy atom. The zero-order valence-electron chi connectivity index (χ0n) is 18.7. The standard InChI is InChI=1S/C27H23FN2O4/c1-27(2)33-15-22(34-27)16-7-5-8-17(13-16)24(31)23(25(32)18-9-6-10-19(28)14-18)26-29-20-11-3-4-12-21(20)30-26/h3-14,22-23H,15H2,1-2H3,(H,29,30). The number of rotatable bonds is 6. The van der Waals surface area contributed by atoms with Crippen molar-refractivity contribution in [3.05, 3.63) is 101 Å². The maximum atomic E-state index is 13.9. The maximum absolute atomic E-state index is 13.9. The fraction of sp³-hybridized carbons (Fsp3) is 0.222. The molecule has 2 heterocycles. The van der Waals surface area contributed by atoms with Crippen molar-refractivity contribution in [3.8, 4) is 0 Å². The largest absolute Gasteiger partial charge is 0.347 e. The molecule has 4 aromatic rings. The van der Waals surface area contributed by atoms with E-state index in [9.17, 15) is 14.0 Å². The van der Waals surface area contributed by atoms with Crippen molar-refractivity contribution in [2.75, 3.05) is 6.61 Å². The lowest BCUT2D eigenvalue weighted by Gasteiger charge is -2.18. The number of Topliss-reactive ketones (excluding diaryl/α,β-unsaturated/α-hetero) is 2. The Labute approximate surface area is 195 Å². The Balaban J connectivity index is 1.56. The molecule has 1 N–H and O–H groups in total. The minimum absolute atomic E-state index is 0.101. The highest BCUT2D eigenvalue weighted by molar-refractivity contribution is 6.19. The van der Waals surface area contributed by atoms with Crippen LogP contribution in [0.5, 0.6) is 0 Å². The number of nitrogens with one attached hydrogen (secondary N) is 1. The monoisotopic (exact) mass is 458 g/mol. The van der Waals surface area contributed by atoms with E-state index >= 15 is 0 Å². The van der Waals surface area contributed by atoms with Crippen LogP contribution in [0.3, 0.4) is 0 Å². The molecule has 0 radical (unpaired) electrons. The molecular formula is C27H23FN2O4. The van der Waals surface area contributed by atoms with Gasteiger partial charge in [0.05, 0.1) is 17.6 Å². The molecule has 1 aliphatic rings. The molecule has 0 aliphatic carbocycles. The molecule has 1 aliphatic heterocycles. The molecule has 1 fully saturated rings. The number of carbonyl (C=O) groups excluding carboxylic acids is 2. The lowest BCUT2D eigenvalue weighted by atomic mass is 9.88. The Kier molecular flexibility index (Phi) is 5.59. The van der Waals surface area contributed by atoms with Crippen molar-refractivity contribution in [3.63, 3.8) is 0 Å². The van der Waals surface area contributed by atoms with Gasteiger partial charge in [-0.1, -0.05) is 42.5 Å². The molecule has 6 nitrogen and oxygen atoms in total. The van der Waals surface area contributed by atoms with Crippen molar-refractivity contribution >= 4 is 22.6 Å². The van der Waals surface area contributed by atoms with Crippen LogP contribution >= 0.6 is 0 Å². The van der Waals surface area contributed by atoms with Crippen LogP contribution in [0.1, 0.15) is 58.0 Å². The van der Waals surface area contributed by atoms with E-state index in [0.29, 0.717) is 23.2 Å². The van der Waals surface area contributed by atoms with E-state index < -0.39 is 29.1 Å². The third kappa shape index (κ3) is 4.27. The molecule has 1 saturated heterocycles. The molecule has 0 amide bonds. The van der Waals surface area contributed by atoms with E-state index in [1.54, 1.807) is 24.3 Å². The number of carbonyl (C=O) groups is 2. The highest BCUT2D eigenvalue weighted by atomic mass is 19.1. The summed E-state index contributed by atoms with van der Waals surface area (Å²) >= 11 is 0. The summed E-state index contributed by atoms with van der Waals surface area (Å²) in [6, 6.07) is 19.6. The first-order valence-corrected chi connectivity index (χ1v) is 11.0. The molecule has 5 rings (SSSR count). The van der Waals surface area contributed by atoms with Gasteiger partial charge in [0.25, 0.3) is 0 Å². The van der Waals surface area contributed by atoms with E-state index in [-0.39, 0.29) is 17.5 Å². The summed E-state index contributed by atoms with van der Waals surface area (Å²) in [6.45, 7) is 4.02. The predicted molar refractivity (Wildman–Crippen MR) is 124 cm³/mol. The Hall–Kier alpha value is -3.68. The number of hydrogen-bond acceptors (Lipinski definition) is 5. The van der Waals surface area contributed by atoms with Crippen LogP contribution in [0.15, 0.2) is 72.8 Å². The number of hydrogen-bond donors (Lipinski definition) is 1. The van der Waals surface area contributed by atoms with Gasteiger partial charge in [-0.05, 0) is 49.7 Å². The summed E-state index contributed by atoms with van der Waals surface area (Å²) in [7, 11) is 0. The average molecular weight is 458 g/mol. The van der Waals surface area contributed by atoms with Gasteiger partial charge < -0.3 is 14.5 Å². The van der Waals surface area contributed by atoms with Gasteiger partial charge in [0.1, 0.15) is 23.7 Å². The number of aromatic nitrogens is 2. The van der Waals surface area contributed by atoms with E-state index in [1.807, 2.05) is 38.1 Å². The first-order chi connectivity index (χ1) is 16.3. The van der Waals surface area contributed by atoms with Crippen LogP contribution < -0.4 is 0 Å². The van der Waals surface area contributed by atoms with Crippen molar-refractivity contribution in [1.29, 1.82) is 0 Å². The number of halogens is 1. The summed E-state index contributed by atoms with van der Waals surface area (Å²) < 4.78 is 25.5. The minimum Gasteiger partial charge on any atom is -0.347 e. The Morgan fingerprint density at radius 2 is 1.71 bits per heavy atom. The van der Waals surface area contributed by atoms with Gasteiger partial charge in [0.2, 0.25) is 0 Å².